The number of rotatable bonds is 10. The molecular formula is C26H34ClN6O8P. The first-order valence-electron chi connectivity index (χ1n) is 13.7. The number of esters is 1. The van der Waals surface area contributed by atoms with E-state index in [1.165, 1.54) is 43.2 Å². The van der Waals surface area contributed by atoms with Crippen LogP contribution in [0.5, 0.6) is 5.75 Å². The van der Waals surface area contributed by atoms with Crippen molar-refractivity contribution in [2.24, 2.45) is 0 Å². The number of carbonyl (C=O) groups excluding carboxylic acids is 1. The van der Waals surface area contributed by atoms with E-state index in [1.807, 2.05) is 0 Å². The quantitative estimate of drug-likeness (QED) is 0.190. The summed E-state index contributed by atoms with van der Waals surface area (Å²) in [6.07, 6.45) is 0.714. The number of carbonyl (C=O) groups is 1. The molecule has 228 valence electrons. The van der Waals surface area contributed by atoms with E-state index in [0.29, 0.717) is 10.5 Å². The Labute approximate surface area is 247 Å². The number of aliphatic hydroxyl groups excluding tert-OH is 2. The average molecular weight is 625 g/mol. The molecule has 7 atom stereocenters. The third-order valence-electron chi connectivity index (χ3n) is 7.28. The Kier molecular flexibility index (Phi) is 9.33. The standard InChI is InChI=1S/C26H34ClN6O8P/c1-14(26(36)38-17-6-4-3-5-7-17)32-42(37,41-18-10-8-16(27)9-11-18)40-15(2)22-20(34)21(35)25(39-22)33-13-31-19-23(28)29-12-30-24(19)33/h8-15,17,20-22,25,34-35H,3-7H2,1-2H3,(H,32,37)(H2,28,29,30). The van der Waals surface area contributed by atoms with Crippen molar-refractivity contribution >= 4 is 42.3 Å². The van der Waals surface area contributed by atoms with Crippen LogP contribution in [0, 0.1) is 0 Å². The summed E-state index contributed by atoms with van der Waals surface area (Å²) in [6, 6.07) is 5.01. The highest BCUT2D eigenvalue weighted by molar-refractivity contribution is 7.52. The molecule has 0 amide bonds. The van der Waals surface area contributed by atoms with Crippen molar-refractivity contribution in [2.45, 2.75) is 88.7 Å². The normalized spacial score (nSPS) is 26.0. The first kappa shape index (κ1) is 30.6. The van der Waals surface area contributed by atoms with Crippen molar-refractivity contribution < 1.29 is 38.1 Å². The Morgan fingerprint density at radius 1 is 1.14 bits per heavy atom. The van der Waals surface area contributed by atoms with Gasteiger partial charge in [0.15, 0.2) is 17.7 Å². The van der Waals surface area contributed by atoms with Crippen molar-refractivity contribution in [2.75, 3.05) is 5.73 Å². The zero-order chi connectivity index (χ0) is 30.0. The van der Waals surface area contributed by atoms with E-state index in [1.54, 1.807) is 12.1 Å². The molecule has 2 aliphatic rings. The van der Waals surface area contributed by atoms with Gasteiger partial charge in [0.05, 0.1) is 12.4 Å². The highest BCUT2D eigenvalue weighted by Crippen LogP contribution is 2.48. The Bertz CT molecular complexity index is 1440. The average Bonchev–Trinajstić information content (AvgIpc) is 3.52. The number of hydrogen-bond donors (Lipinski definition) is 4. The molecule has 1 aliphatic carbocycles. The Hall–Kier alpha value is -2.84. The maximum Gasteiger partial charge on any atom is 0.459 e. The highest BCUT2D eigenvalue weighted by Gasteiger charge is 2.49. The molecule has 16 heteroatoms. The largest absolute Gasteiger partial charge is 0.461 e. The maximum absolute atomic E-state index is 14.1. The van der Waals surface area contributed by atoms with Gasteiger partial charge in [-0.3, -0.25) is 13.9 Å². The number of anilines is 1. The van der Waals surface area contributed by atoms with E-state index in [2.05, 4.69) is 20.0 Å². The van der Waals surface area contributed by atoms with Gasteiger partial charge in [0.25, 0.3) is 0 Å². The summed E-state index contributed by atoms with van der Waals surface area (Å²) in [7, 11) is -4.32. The molecule has 0 spiro atoms. The first-order chi connectivity index (χ1) is 20.0. The number of nitrogens with two attached hydrogens (primary N) is 1. The van der Waals surface area contributed by atoms with Gasteiger partial charge in [-0.2, -0.15) is 5.09 Å². The highest BCUT2D eigenvalue weighted by atomic mass is 35.5. The van der Waals surface area contributed by atoms with E-state index in [4.69, 9.17) is 35.9 Å². The van der Waals surface area contributed by atoms with E-state index >= 15 is 0 Å². The minimum absolute atomic E-state index is 0.141. The number of nitrogens with one attached hydrogen (secondary N) is 1. The van der Waals surface area contributed by atoms with Gasteiger partial charge < -0.3 is 29.9 Å². The van der Waals surface area contributed by atoms with Crippen LogP contribution >= 0.6 is 19.3 Å². The molecule has 1 saturated heterocycles. The van der Waals surface area contributed by atoms with E-state index in [-0.39, 0.29) is 23.3 Å². The second-order valence-electron chi connectivity index (χ2n) is 10.5. The number of aromatic nitrogens is 4. The summed E-state index contributed by atoms with van der Waals surface area (Å²) in [6.45, 7) is 3.00. The summed E-state index contributed by atoms with van der Waals surface area (Å²) in [4.78, 5) is 25.1. The SMILES string of the molecule is CC(NP(=O)(Oc1ccc(Cl)cc1)OC(C)C1OC(n2cnc3c(N)ncnc32)C(O)C1O)C(=O)OC1CCCCC1. The zero-order valence-corrected chi connectivity index (χ0v) is 24.7. The molecule has 14 nitrogen and oxygen atoms in total. The predicted octanol–water partition coefficient (Wildman–Crippen LogP) is 3.13. The molecule has 42 heavy (non-hydrogen) atoms. The zero-order valence-electron chi connectivity index (χ0n) is 23.1. The predicted molar refractivity (Wildman–Crippen MR) is 151 cm³/mol. The van der Waals surface area contributed by atoms with Crippen LogP contribution in [0.25, 0.3) is 11.2 Å². The smallest absolute Gasteiger partial charge is 0.459 e. The second-order valence-corrected chi connectivity index (χ2v) is 12.5. The molecule has 0 radical (unpaired) electrons. The van der Waals surface area contributed by atoms with Gasteiger partial charge in [0, 0.05) is 5.02 Å². The minimum atomic E-state index is -4.32. The number of nitrogens with zero attached hydrogens (tertiary/aromatic N) is 4. The number of fused-ring (bicyclic) bond motifs is 1. The van der Waals surface area contributed by atoms with Crippen LogP contribution in [0.15, 0.2) is 36.9 Å². The molecule has 5 rings (SSSR count). The van der Waals surface area contributed by atoms with Crippen molar-refractivity contribution in [1.82, 2.24) is 24.6 Å². The van der Waals surface area contributed by atoms with E-state index in [0.717, 1.165) is 32.1 Å². The van der Waals surface area contributed by atoms with Crippen molar-refractivity contribution in [3.63, 3.8) is 0 Å². The summed E-state index contributed by atoms with van der Waals surface area (Å²) in [5.41, 5.74) is 6.46. The van der Waals surface area contributed by atoms with E-state index < -0.39 is 50.4 Å². The lowest BCUT2D eigenvalue weighted by Crippen LogP contribution is -2.41. The number of halogens is 1. The summed E-state index contributed by atoms with van der Waals surface area (Å²) >= 11 is 5.98. The minimum Gasteiger partial charge on any atom is -0.461 e. The number of hydrogen-bond acceptors (Lipinski definition) is 12. The van der Waals surface area contributed by atoms with Crippen LogP contribution in [-0.4, -0.2) is 72.3 Å². The third-order valence-corrected chi connectivity index (χ3v) is 9.30. The molecule has 7 unspecified atom stereocenters. The molecule has 3 heterocycles. The van der Waals surface area contributed by atoms with Gasteiger partial charge in [0.1, 0.15) is 48.1 Å². The van der Waals surface area contributed by atoms with Gasteiger partial charge in [-0.05, 0) is 63.8 Å². The molecule has 1 aliphatic heterocycles. The van der Waals surface area contributed by atoms with Crippen LogP contribution < -0.4 is 15.3 Å². The van der Waals surface area contributed by atoms with Crippen LogP contribution in [0.3, 0.4) is 0 Å². The molecule has 5 N–H and O–H groups in total. The summed E-state index contributed by atoms with van der Waals surface area (Å²) in [5, 5.41) is 24.9. The lowest BCUT2D eigenvalue weighted by Gasteiger charge is -2.29. The molecule has 2 aromatic heterocycles. The molecule has 0 bridgehead atoms. The summed E-state index contributed by atoms with van der Waals surface area (Å²) in [5.74, 6) is -0.301. The lowest BCUT2D eigenvalue weighted by atomic mass is 9.98. The maximum atomic E-state index is 14.1. The van der Waals surface area contributed by atoms with Crippen LogP contribution in [0.4, 0.5) is 5.82 Å². The monoisotopic (exact) mass is 624 g/mol. The fraction of sp³-hybridized carbons (Fsp3) is 0.538. The molecular weight excluding hydrogens is 591 g/mol. The van der Waals surface area contributed by atoms with Crippen LogP contribution in [0.2, 0.25) is 5.02 Å². The Morgan fingerprint density at radius 3 is 2.57 bits per heavy atom. The first-order valence-corrected chi connectivity index (χ1v) is 15.6. The second kappa shape index (κ2) is 12.8. The number of imidazole rings is 1. The number of ether oxygens (including phenoxy) is 2. The van der Waals surface area contributed by atoms with Crippen molar-refractivity contribution in [3.05, 3.63) is 41.9 Å². The van der Waals surface area contributed by atoms with Gasteiger partial charge >= 0.3 is 13.7 Å². The number of benzene rings is 1. The summed E-state index contributed by atoms with van der Waals surface area (Å²) < 4.78 is 38.8. The number of aliphatic hydroxyl groups is 2. The Morgan fingerprint density at radius 2 is 1.86 bits per heavy atom. The fourth-order valence-electron chi connectivity index (χ4n) is 5.09. The van der Waals surface area contributed by atoms with Crippen molar-refractivity contribution in [1.29, 1.82) is 0 Å². The Balaban J connectivity index is 1.33. The van der Waals surface area contributed by atoms with Gasteiger partial charge in [-0.15, -0.1) is 0 Å². The molecule has 1 aromatic carbocycles. The lowest BCUT2D eigenvalue weighted by molar-refractivity contribution is -0.152. The van der Waals surface area contributed by atoms with Gasteiger partial charge in [0.2, 0.25) is 0 Å². The van der Waals surface area contributed by atoms with Gasteiger partial charge in [-0.25, -0.2) is 19.5 Å². The topological polar surface area (TPSA) is 193 Å². The van der Waals surface area contributed by atoms with Crippen LogP contribution in [-0.2, 0) is 23.4 Å². The number of nitrogen functional groups attached to an aromatic ring is 1. The van der Waals surface area contributed by atoms with Gasteiger partial charge in [-0.1, -0.05) is 18.0 Å². The van der Waals surface area contributed by atoms with Crippen LogP contribution in [0.1, 0.15) is 52.2 Å². The van der Waals surface area contributed by atoms with Crippen molar-refractivity contribution in [3.8, 4) is 5.75 Å². The van der Waals surface area contributed by atoms with E-state index in [9.17, 15) is 19.6 Å². The fourth-order valence-corrected chi connectivity index (χ4v) is 6.91. The molecule has 2 fully saturated rings. The molecule has 1 saturated carbocycles. The molecule has 3 aromatic rings. The third kappa shape index (κ3) is 6.70.